The van der Waals surface area contributed by atoms with Gasteiger partial charge in [0.2, 0.25) is 6.29 Å². The molecular formula is C36H38O16. The van der Waals surface area contributed by atoms with Crippen molar-refractivity contribution in [2.24, 2.45) is 0 Å². The molecule has 2 saturated heterocycles. The van der Waals surface area contributed by atoms with E-state index in [0.717, 1.165) is 12.1 Å². The Kier molecular flexibility index (Phi) is 10.9. The molecule has 9 N–H and O–H groups in total. The summed E-state index contributed by atoms with van der Waals surface area (Å²) in [6, 6.07) is 14.2. The van der Waals surface area contributed by atoms with E-state index < -0.39 is 80.1 Å². The summed E-state index contributed by atoms with van der Waals surface area (Å²) in [6.45, 7) is 0.927. The smallest absolute Gasteiger partial charge is 0.331 e. The summed E-state index contributed by atoms with van der Waals surface area (Å²) in [5.41, 5.74) is 1.18. The number of ether oxygens (including phenoxy) is 6. The van der Waals surface area contributed by atoms with E-state index in [4.69, 9.17) is 28.4 Å². The molecule has 0 aromatic heterocycles. The van der Waals surface area contributed by atoms with Gasteiger partial charge >= 0.3 is 5.97 Å². The minimum Gasteiger partial charge on any atom is -0.508 e. The number of carbonyl (C=O) groups is 1. The van der Waals surface area contributed by atoms with Crippen molar-refractivity contribution in [3.8, 4) is 28.7 Å². The Morgan fingerprint density at radius 2 is 1.42 bits per heavy atom. The Morgan fingerprint density at radius 1 is 0.769 bits per heavy atom. The fourth-order valence-electron chi connectivity index (χ4n) is 5.92. The third-order valence-corrected chi connectivity index (χ3v) is 8.77. The topological polar surface area (TPSA) is 255 Å². The van der Waals surface area contributed by atoms with Gasteiger partial charge in [0, 0.05) is 23.8 Å². The lowest BCUT2D eigenvalue weighted by Gasteiger charge is -2.43. The Bertz CT molecular complexity index is 1780. The van der Waals surface area contributed by atoms with Crippen molar-refractivity contribution in [1.82, 2.24) is 0 Å². The van der Waals surface area contributed by atoms with Crippen LogP contribution in [-0.2, 0) is 28.5 Å². The monoisotopic (exact) mass is 726 g/mol. The van der Waals surface area contributed by atoms with Crippen molar-refractivity contribution in [3.05, 3.63) is 89.2 Å². The van der Waals surface area contributed by atoms with Crippen molar-refractivity contribution in [2.45, 2.75) is 74.4 Å². The first-order valence-electron chi connectivity index (χ1n) is 16.2. The highest BCUT2D eigenvalue weighted by Crippen LogP contribution is 2.44. The van der Waals surface area contributed by atoms with Crippen molar-refractivity contribution in [3.63, 3.8) is 0 Å². The lowest BCUT2D eigenvalue weighted by molar-refractivity contribution is -0.325. The van der Waals surface area contributed by atoms with E-state index in [1.165, 1.54) is 61.5 Å². The molecule has 16 nitrogen and oxygen atoms in total. The maximum absolute atomic E-state index is 12.5. The average Bonchev–Trinajstić information content (AvgIpc) is 3.11. The number of aromatic hydroxyl groups is 4. The molecule has 2 fully saturated rings. The van der Waals surface area contributed by atoms with E-state index in [9.17, 15) is 50.8 Å². The summed E-state index contributed by atoms with van der Waals surface area (Å²) in [4.78, 5) is 12.5. The normalized spacial score (nSPS) is 31.7. The summed E-state index contributed by atoms with van der Waals surface area (Å²) in [6.07, 6.45) is -12.7. The Morgan fingerprint density at radius 3 is 2.12 bits per heavy atom. The molecule has 3 aliphatic rings. The number of phenolic OH excluding ortho intramolecular Hbond substituents is 4. The van der Waals surface area contributed by atoms with Crippen LogP contribution in [0.15, 0.2) is 72.5 Å². The highest BCUT2D eigenvalue weighted by Gasteiger charge is 2.49. The molecule has 278 valence electrons. The lowest BCUT2D eigenvalue weighted by Crippen LogP contribution is -2.61. The number of hydrogen-bond acceptors (Lipinski definition) is 16. The number of rotatable bonds is 9. The van der Waals surface area contributed by atoms with Crippen LogP contribution in [-0.4, -0.2) is 120 Å². The number of esters is 1. The van der Waals surface area contributed by atoms with Crippen LogP contribution in [0.5, 0.6) is 28.7 Å². The number of phenols is 4. The summed E-state index contributed by atoms with van der Waals surface area (Å²) >= 11 is 0. The lowest BCUT2D eigenvalue weighted by atomic mass is 9.98. The van der Waals surface area contributed by atoms with Gasteiger partial charge in [0.25, 0.3) is 0 Å². The van der Waals surface area contributed by atoms with Crippen molar-refractivity contribution in [1.29, 1.82) is 0 Å². The van der Waals surface area contributed by atoms with Gasteiger partial charge in [-0.15, -0.1) is 0 Å². The number of aliphatic hydroxyl groups is 5. The highest BCUT2D eigenvalue weighted by atomic mass is 16.7. The SMILES string of the molecule is CC1OC(OCC2OC(OC3=Cc4c(O)cc(O)cc4OC3c3ccc(O)cc3)C(O)C(O)C2O)C(O)C(O)C1OC(=O)C=Cc1ccc(O)cc1. The molecule has 11 atom stereocenters. The summed E-state index contributed by atoms with van der Waals surface area (Å²) in [5, 5.41) is 93.6. The van der Waals surface area contributed by atoms with Gasteiger partial charge in [-0.25, -0.2) is 4.79 Å². The molecule has 0 bridgehead atoms. The van der Waals surface area contributed by atoms with Crippen LogP contribution in [0.4, 0.5) is 0 Å². The number of benzene rings is 3. The van der Waals surface area contributed by atoms with Crippen molar-refractivity contribution >= 4 is 18.1 Å². The third-order valence-electron chi connectivity index (χ3n) is 8.77. The number of fused-ring (bicyclic) bond motifs is 1. The predicted octanol–water partition coefficient (Wildman–Crippen LogP) is 0.916. The van der Waals surface area contributed by atoms with E-state index >= 15 is 0 Å². The standard InChI is InChI=1S/C36H38O16/c1-16-33(52-27(41)11-4-17-2-7-19(37)8-3-17)30(44)32(46)35(48-16)47-15-26-28(42)29(43)31(45)36(51-26)50-25-14-22-23(40)12-21(39)13-24(22)49-34(25)18-5-9-20(38)10-6-18/h2-14,16,26,28-40,42-46H,15H2,1H3. The molecule has 0 spiro atoms. The first-order chi connectivity index (χ1) is 24.8. The van der Waals surface area contributed by atoms with Gasteiger partial charge in [0.1, 0.15) is 71.1 Å². The molecular weight excluding hydrogens is 688 g/mol. The zero-order chi connectivity index (χ0) is 37.3. The molecule has 6 rings (SSSR count). The van der Waals surface area contributed by atoms with Gasteiger partial charge in [-0.1, -0.05) is 24.3 Å². The van der Waals surface area contributed by atoms with E-state index in [-0.39, 0.29) is 40.1 Å². The second-order valence-corrected chi connectivity index (χ2v) is 12.5. The molecule has 11 unspecified atom stereocenters. The fourth-order valence-corrected chi connectivity index (χ4v) is 5.92. The van der Waals surface area contributed by atoms with Crippen LogP contribution in [0.2, 0.25) is 0 Å². The van der Waals surface area contributed by atoms with Gasteiger partial charge in [0.15, 0.2) is 18.5 Å². The van der Waals surface area contributed by atoms with Gasteiger partial charge in [-0.05, 0) is 48.9 Å². The van der Waals surface area contributed by atoms with Crippen LogP contribution in [0, 0.1) is 0 Å². The molecule has 0 radical (unpaired) electrons. The predicted molar refractivity (Wildman–Crippen MR) is 176 cm³/mol. The first-order valence-corrected chi connectivity index (χ1v) is 16.2. The van der Waals surface area contributed by atoms with Crippen molar-refractivity contribution < 1.29 is 79.2 Å². The number of hydrogen-bond donors (Lipinski definition) is 9. The van der Waals surface area contributed by atoms with E-state index in [0.29, 0.717) is 11.1 Å². The quantitative estimate of drug-likeness (QED) is 0.110. The molecule has 3 aliphatic heterocycles. The van der Waals surface area contributed by atoms with E-state index in [1.54, 1.807) is 12.1 Å². The minimum absolute atomic E-state index is 0.0204. The van der Waals surface area contributed by atoms with Gasteiger partial charge in [0.05, 0.1) is 18.3 Å². The van der Waals surface area contributed by atoms with Crippen LogP contribution in [0.3, 0.4) is 0 Å². The Labute approximate surface area is 296 Å². The van der Waals surface area contributed by atoms with Crippen LogP contribution < -0.4 is 4.74 Å². The van der Waals surface area contributed by atoms with Crippen molar-refractivity contribution in [2.75, 3.05) is 6.61 Å². The summed E-state index contributed by atoms with van der Waals surface area (Å²) in [5.74, 6) is -1.35. The minimum atomic E-state index is -1.82. The maximum atomic E-state index is 12.5. The van der Waals surface area contributed by atoms with E-state index in [2.05, 4.69) is 0 Å². The Hall–Kier alpha value is -4.91. The van der Waals surface area contributed by atoms with Gasteiger partial charge < -0.3 is 74.4 Å². The molecule has 16 heteroatoms. The molecule has 52 heavy (non-hydrogen) atoms. The molecule has 3 heterocycles. The molecule has 3 aromatic carbocycles. The number of carbonyl (C=O) groups excluding carboxylic acids is 1. The van der Waals surface area contributed by atoms with E-state index in [1.807, 2.05) is 0 Å². The zero-order valence-electron chi connectivity index (χ0n) is 27.4. The molecule has 0 amide bonds. The average molecular weight is 727 g/mol. The largest absolute Gasteiger partial charge is 0.508 e. The summed E-state index contributed by atoms with van der Waals surface area (Å²) < 4.78 is 34.5. The summed E-state index contributed by atoms with van der Waals surface area (Å²) in [7, 11) is 0. The second-order valence-electron chi connectivity index (χ2n) is 12.5. The third kappa shape index (κ3) is 7.94. The van der Waals surface area contributed by atoms with Crippen LogP contribution >= 0.6 is 0 Å². The zero-order valence-corrected chi connectivity index (χ0v) is 27.4. The maximum Gasteiger partial charge on any atom is 0.331 e. The van der Waals surface area contributed by atoms with Gasteiger partial charge in [-0.2, -0.15) is 0 Å². The van der Waals surface area contributed by atoms with Gasteiger partial charge in [-0.3, -0.25) is 0 Å². The molecule has 3 aromatic rings. The van der Waals surface area contributed by atoms with Crippen LogP contribution in [0.25, 0.3) is 12.2 Å². The fraction of sp³-hybridized carbons (Fsp3) is 0.361. The second kappa shape index (κ2) is 15.4. The number of aliphatic hydroxyl groups excluding tert-OH is 5. The highest BCUT2D eigenvalue weighted by molar-refractivity contribution is 5.87. The molecule has 0 aliphatic carbocycles. The first kappa shape index (κ1) is 36.9. The Balaban J connectivity index is 1.12. The van der Waals surface area contributed by atoms with Crippen LogP contribution in [0.1, 0.15) is 29.7 Å². The molecule has 0 saturated carbocycles.